The van der Waals surface area contributed by atoms with Crippen LogP contribution in [0.4, 0.5) is 4.79 Å². The van der Waals surface area contributed by atoms with Crippen LogP contribution in [-0.4, -0.2) is 73.5 Å². The van der Waals surface area contributed by atoms with Crippen molar-refractivity contribution in [3.63, 3.8) is 0 Å². The molecule has 4 aliphatic rings. The summed E-state index contributed by atoms with van der Waals surface area (Å²) in [7, 11) is 0. The number of nitrogens with one attached hydrogen (secondary N) is 3. The number of carbonyl (C=O) groups is 1. The molecule has 8 nitrogen and oxygen atoms in total. The second-order valence-corrected chi connectivity index (χ2v) is 8.27. The molecule has 3 N–H and O–H groups in total. The smallest absolute Gasteiger partial charge is 0.318 e. The van der Waals surface area contributed by atoms with E-state index in [9.17, 15) is 4.79 Å². The molecule has 0 spiro atoms. The van der Waals surface area contributed by atoms with Crippen LogP contribution in [0, 0.1) is 0 Å². The topological polar surface area (TPSA) is 87.2 Å². The van der Waals surface area contributed by atoms with Crippen LogP contribution in [0.1, 0.15) is 39.5 Å². The number of fused-ring (bicyclic) bond motifs is 1. The van der Waals surface area contributed by atoms with Gasteiger partial charge in [0.25, 0.3) is 0 Å². The summed E-state index contributed by atoms with van der Waals surface area (Å²) in [5.41, 5.74) is 0.794. The predicted octanol–water partition coefficient (Wildman–Crippen LogP) is 0.950. The molecule has 0 aromatic rings. The molecule has 0 saturated carbocycles. The highest BCUT2D eigenvalue weighted by Crippen LogP contribution is 2.36. The van der Waals surface area contributed by atoms with Crippen LogP contribution < -0.4 is 16.0 Å². The number of guanidine groups is 1. The van der Waals surface area contributed by atoms with E-state index in [1.54, 1.807) is 0 Å². The minimum absolute atomic E-state index is 0.00339. The minimum Gasteiger partial charge on any atom is -0.381 e. The van der Waals surface area contributed by atoms with Crippen molar-refractivity contribution in [3.05, 3.63) is 11.8 Å². The molecular weight excluding hydrogens is 346 g/mol. The number of aliphatic imine (C=N–C) groups is 1. The molecule has 0 aliphatic carbocycles. The average molecular weight is 377 g/mol. The Labute approximate surface area is 160 Å². The van der Waals surface area contributed by atoms with Crippen LogP contribution in [0.5, 0.6) is 0 Å². The van der Waals surface area contributed by atoms with Crippen molar-refractivity contribution < 1.29 is 14.3 Å². The Bertz CT molecular complexity index is 621. The zero-order valence-electron chi connectivity index (χ0n) is 16.3. The first-order valence-corrected chi connectivity index (χ1v) is 10.1. The molecule has 0 radical (unpaired) electrons. The van der Waals surface area contributed by atoms with Crippen LogP contribution in [0.25, 0.3) is 0 Å². The maximum atomic E-state index is 12.9. The highest BCUT2D eigenvalue weighted by molar-refractivity contribution is 5.84. The summed E-state index contributed by atoms with van der Waals surface area (Å²) >= 11 is 0. The van der Waals surface area contributed by atoms with Crippen molar-refractivity contribution in [1.82, 2.24) is 20.9 Å². The number of amides is 2. The van der Waals surface area contributed by atoms with Crippen LogP contribution in [-0.2, 0) is 9.47 Å². The fourth-order valence-corrected chi connectivity index (χ4v) is 4.33. The Morgan fingerprint density at radius 3 is 2.44 bits per heavy atom. The van der Waals surface area contributed by atoms with Gasteiger partial charge in [-0.25, -0.2) is 9.79 Å². The van der Waals surface area contributed by atoms with Crippen molar-refractivity contribution in [3.8, 4) is 0 Å². The molecule has 4 rings (SSSR count). The van der Waals surface area contributed by atoms with Crippen LogP contribution >= 0.6 is 0 Å². The molecule has 8 heteroatoms. The second kappa shape index (κ2) is 7.67. The lowest BCUT2D eigenvalue weighted by Gasteiger charge is -2.34. The number of hydrogen-bond acceptors (Lipinski definition) is 6. The van der Waals surface area contributed by atoms with Gasteiger partial charge >= 0.3 is 6.03 Å². The Hall–Kier alpha value is -1.80. The van der Waals surface area contributed by atoms with E-state index in [4.69, 9.17) is 14.5 Å². The third-order valence-corrected chi connectivity index (χ3v) is 6.10. The quantitative estimate of drug-likeness (QED) is 0.667. The SMILES string of the molecule is CC1(C)C2=CNC(NC3CCOCC3)=NC2CN1C(=O)NC1CCOCC1. The molecule has 1 atom stereocenters. The number of urea groups is 1. The Balaban J connectivity index is 1.40. The van der Waals surface area contributed by atoms with Crippen molar-refractivity contribution in [1.29, 1.82) is 0 Å². The Morgan fingerprint density at radius 1 is 1.15 bits per heavy atom. The van der Waals surface area contributed by atoms with E-state index in [0.29, 0.717) is 12.6 Å². The number of carbonyl (C=O) groups excluding carboxylic acids is 1. The van der Waals surface area contributed by atoms with E-state index in [1.807, 2.05) is 11.1 Å². The molecule has 0 aromatic heterocycles. The van der Waals surface area contributed by atoms with Crippen molar-refractivity contribution in [2.45, 2.75) is 63.2 Å². The van der Waals surface area contributed by atoms with Gasteiger partial charge in [-0.3, -0.25) is 0 Å². The number of ether oxygens (including phenoxy) is 2. The first-order chi connectivity index (χ1) is 13.0. The third-order valence-electron chi connectivity index (χ3n) is 6.10. The fraction of sp³-hybridized carbons (Fsp3) is 0.789. The predicted molar refractivity (Wildman–Crippen MR) is 103 cm³/mol. The fourth-order valence-electron chi connectivity index (χ4n) is 4.33. The van der Waals surface area contributed by atoms with Gasteiger partial charge in [0.15, 0.2) is 5.96 Å². The number of rotatable bonds is 2. The van der Waals surface area contributed by atoms with Crippen molar-refractivity contribution in [2.24, 2.45) is 4.99 Å². The van der Waals surface area contributed by atoms with Crippen LogP contribution in [0.15, 0.2) is 16.8 Å². The molecule has 3 saturated heterocycles. The van der Waals surface area contributed by atoms with Gasteiger partial charge in [-0.05, 0) is 45.1 Å². The zero-order valence-corrected chi connectivity index (χ0v) is 16.3. The minimum atomic E-state index is -0.360. The summed E-state index contributed by atoms with van der Waals surface area (Å²) in [5.74, 6) is 0.804. The highest BCUT2D eigenvalue weighted by Gasteiger charge is 2.47. The first-order valence-electron chi connectivity index (χ1n) is 10.1. The maximum Gasteiger partial charge on any atom is 0.318 e. The summed E-state index contributed by atoms with van der Waals surface area (Å²) in [4.78, 5) is 19.7. The average Bonchev–Trinajstić information content (AvgIpc) is 2.94. The zero-order chi connectivity index (χ0) is 18.9. The van der Waals surface area contributed by atoms with E-state index >= 15 is 0 Å². The monoisotopic (exact) mass is 377 g/mol. The van der Waals surface area contributed by atoms with Crippen LogP contribution in [0.2, 0.25) is 0 Å². The van der Waals surface area contributed by atoms with Crippen molar-refractivity contribution in [2.75, 3.05) is 33.0 Å². The number of nitrogens with zero attached hydrogens (tertiary/aromatic N) is 2. The Morgan fingerprint density at radius 2 is 1.78 bits per heavy atom. The summed E-state index contributed by atoms with van der Waals surface area (Å²) in [6.45, 7) is 7.82. The molecule has 150 valence electrons. The molecule has 3 fully saturated rings. The summed E-state index contributed by atoms with van der Waals surface area (Å²) in [6.07, 6.45) is 5.78. The van der Waals surface area contributed by atoms with Crippen LogP contribution in [0.3, 0.4) is 0 Å². The van der Waals surface area contributed by atoms with E-state index < -0.39 is 0 Å². The van der Waals surface area contributed by atoms with E-state index in [0.717, 1.165) is 63.6 Å². The largest absolute Gasteiger partial charge is 0.381 e. The van der Waals surface area contributed by atoms with Gasteiger partial charge < -0.3 is 30.3 Å². The van der Waals surface area contributed by atoms with Gasteiger partial charge in [0.2, 0.25) is 0 Å². The third kappa shape index (κ3) is 3.91. The lowest BCUT2D eigenvalue weighted by atomic mass is 9.93. The second-order valence-electron chi connectivity index (χ2n) is 8.27. The molecule has 27 heavy (non-hydrogen) atoms. The Kier molecular flexibility index (Phi) is 5.27. The molecular formula is C19H31N5O3. The van der Waals surface area contributed by atoms with Crippen molar-refractivity contribution >= 4 is 12.0 Å². The lowest BCUT2D eigenvalue weighted by molar-refractivity contribution is 0.0769. The highest BCUT2D eigenvalue weighted by atomic mass is 16.5. The first kappa shape index (κ1) is 18.6. The molecule has 0 aromatic carbocycles. The van der Waals surface area contributed by atoms with E-state index in [1.165, 1.54) is 0 Å². The molecule has 1 unspecified atom stereocenters. The summed E-state index contributed by atoms with van der Waals surface area (Å²) in [6, 6.07) is 0.591. The van der Waals surface area contributed by atoms with Gasteiger partial charge in [0, 0.05) is 51.3 Å². The normalized spacial score (nSPS) is 28.7. The standard InChI is InChI=1S/C19H31N5O3/c1-19(2)15-11-20-17(21-13-3-7-26-8-4-13)23-16(15)12-24(19)18(25)22-14-5-9-27-10-6-14/h11,13-14,16H,3-10,12H2,1-2H3,(H,22,25)(H2,20,21,23). The van der Waals surface area contributed by atoms with Gasteiger partial charge in [0.05, 0.1) is 11.6 Å². The van der Waals surface area contributed by atoms with E-state index in [-0.39, 0.29) is 23.7 Å². The van der Waals surface area contributed by atoms with Gasteiger partial charge in [0.1, 0.15) is 0 Å². The summed E-state index contributed by atoms with van der Waals surface area (Å²) < 4.78 is 10.8. The van der Waals surface area contributed by atoms with Gasteiger partial charge in [-0.2, -0.15) is 0 Å². The maximum absolute atomic E-state index is 12.9. The number of likely N-dealkylation sites (tertiary alicyclic amines) is 1. The van der Waals surface area contributed by atoms with Gasteiger partial charge in [-0.15, -0.1) is 0 Å². The summed E-state index contributed by atoms with van der Waals surface area (Å²) in [5, 5.41) is 9.97. The number of hydrogen-bond donors (Lipinski definition) is 3. The molecule has 0 bridgehead atoms. The molecule has 4 heterocycles. The molecule has 4 aliphatic heterocycles. The van der Waals surface area contributed by atoms with E-state index in [2.05, 4.69) is 29.8 Å². The van der Waals surface area contributed by atoms with Gasteiger partial charge in [-0.1, -0.05) is 0 Å². The molecule has 2 amide bonds. The lowest BCUT2D eigenvalue weighted by Crippen LogP contribution is -2.52.